The zero-order valence-electron chi connectivity index (χ0n) is 12.8. The molecule has 0 atom stereocenters. The van der Waals surface area contributed by atoms with E-state index in [1.807, 2.05) is 0 Å². The van der Waals surface area contributed by atoms with Crippen molar-refractivity contribution in [3.05, 3.63) is 64.7 Å². The monoisotopic (exact) mass is 352 g/mol. The van der Waals surface area contributed by atoms with Crippen LogP contribution in [0.15, 0.2) is 48.5 Å². The van der Waals surface area contributed by atoms with E-state index in [0.29, 0.717) is 16.3 Å². The van der Waals surface area contributed by atoms with Crippen LogP contribution >= 0.6 is 11.6 Å². The van der Waals surface area contributed by atoms with E-state index < -0.39 is 10.0 Å². The van der Waals surface area contributed by atoms with Crippen molar-refractivity contribution in [3.8, 4) is 0 Å². The maximum Gasteiger partial charge on any atom is 0.251 e. The summed E-state index contributed by atoms with van der Waals surface area (Å²) in [6.45, 7) is 0.160. The molecule has 1 N–H and O–H groups in total. The van der Waals surface area contributed by atoms with E-state index in [2.05, 4.69) is 5.32 Å². The van der Waals surface area contributed by atoms with Crippen LogP contribution in [0.25, 0.3) is 0 Å². The third-order valence-electron chi connectivity index (χ3n) is 3.27. The van der Waals surface area contributed by atoms with Crippen LogP contribution in [0.2, 0.25) is 5.02 Å². The van der Waals surface area contributed by atoms with Crippen LogP contribution in [0.1, 0.15) is 15.9 Å². The van der Waals surface area contributed by atoms with Crippen LogP contribution in [0.3, 0.4) is 0 Å². The van der Waals surface area contributed by atoms with Crippen molar-refractivity contribution >= 4 is 33.2 Å². The third-order valence-corrected chi connectivity index (χ3v) is 4.64. The van der Waals surface area contributed by atoms with Gasteiger partial charge in [-0.2, -0.15) is 0 Å². The maximum absolute atomic E-state index is 12.1. The van der Waals surface area contributed by atoms with E-state index in [1.165, 1.54) is 4.31 Å². The summed E-state index contributed by atoms with van der Waals surface area (Å²) in [6, 6.07) is 13.4. The fraction of sp³-hybridized carbons (Fsp3) is 0.188. The predicted octanol–water partition coefficient (Wildman–Crippen LogP) is 2.67. The number of nitrogens with one attached hydrogen (secondary N) is 1. The van der Waals surface area contributed by atoms with Gasteiger partial charge >= 0.3 is 0 Å². The Morgan fingerprint density at radius 1 is 1.17 bits per heavy atom. The average Bonchev–Trinajstić information content (AvgIpc) is 2.51. The normalized spacial score (nSPS) is 11.1. The molecular formula is C16H17ClN2O3S. The molecule has 7 heteroatoms. The van der Waals surface area contributed by atoms with Gasteiger partial charge in [0.1, 0.15) is 0 Å². The number of rotatable bonds is 5. The molecule has 1 amide bonds. The standard InChI is InChI=1S/C16H17ClN2O3S/c1-18-16(20)13-8-6-12(7-9-13)11-19(23(2,21)22)15-5-3-4-14(17)10-15/h3-10H,11H2,1-2H3,(H,18,20). The Morgan fingerprint density at radius 2 is 1.83 bits per heavy atom. The van der Waals surface area contributed by atoms with E-state index in [4.69, 9.17) is 11.6 Å². The minimum Gasteiger partial charge on any atom is -0.355 e. The van der Waals surface area contributed by atoms with E-state index in [-0.39, 0.29) is 12.5 Å². The van der Waals surface area contributed by atoms with Crippen molar-refractivity contribution in [3.63, 3.8) is 0 Å². The summed E-state index contributed by atoms with van der Waals surface area (Å²) in [6.07, 6.45) is 1.15. The molecule has 0 bridgehead atoms. The lowest BCUT2D eigenvalue weighted by Gasteiger charge is -2.22. The Labute approximate surface area is 140 Å². The predicted molar refractivity (Wildman–Crippen MR) is 92.3 cm³/mol. The quantitative estimate of drug-likeness (QED) is 0.899. The maximum atomic E-state index is 12.1. The molecule has 0 saturated carbocycles. The number of anilines is 1. The highest BCUT2D eigenvalue weighted by Crippen LogP contribution is 2.24. The lowest BCUT2D eigenvalue weighted by molar-refractivity contribution is 0.0963. The number of amides is 1. The first kappa shape index (κ1) is 17.3. The van der Waals surface area contributed by atoms with E-state index in [9.17, 15) is 13.2 Å². The van der Waals surface area contributed by atoms with Crippen LogP contribution in [-0.2, 0) is 16.6 Å². The van der Waals surface area contributed by atoms with Crippen LogP contribution in [0.4, 0.5) is 5.69 Å². The van der Waals surface area contributed by atoms with Crippen molar-refractivity contribution < 1.29 is 13.2 Å². The van der Waals surface area contributed by atoms with Gasteiger partial charge in [0, 0.05) is 17.6 Å². The summed E-state index contributed by atoms with van der Waals surface area (Å²) in [5.74, 6) is -0.189. The average molecular weight is 353 g/mol. The van der Waals surface area contributed by atoms with Gasteiger partial charge in [0.05, 0.1) is 18.5 Å². The largest absolute Gasteiger partial charge is 0.355 e. The first-order chi connectivity index (χ1) is 10.8. The van der Waals surface area contributed by atoms with E-state index in [1.54, 1.807) is 55.6 Å². The molecule has 0 aromatic heterocycles. The van der Waals surface area contributed by atoms with Gasteiger partial charge in [0.2, 0.25) is 10.0 Å². The van der Waals surface area contributed by atoms with Gasteiger partial charge in [0.25, 0.3) is 5.91 Å². The fourth-order valence-corrected chi connectivity index (χ4v) is 3.17. The molecule has 0 radical (unpaired) electrons. The Bertz CT molecular complexity index is 804. The highest BCUT2D eigenvalue weighted by molar-refractivity contribution is 7.92. The third kappa shape index (κ3) is 4.46. The Hall–Kier alpha value is -2.05. The molecule has 2 rings (SSSR count). The molecule has 2 aromatic carbocycles. The van der Waals surface area contributed by atoms with Crippen molar-refractivity contribution in [2.75, 3.05) is 17.6 Å². The Kier molecular flexibility index (Phi) is 5.28. The summed E-state index contributed by atoms with van der Waals surface area (Å²) < 4.78 is 25.4. The zero-order chi connectivity index (χ0) is 17.0. The minimum atomic E-state index is -3.47. The van der Waals surface area contributed by atoms with Gasteiger partial charge in [-0.15, -0.1) is 0 Å². The van der Waals surface area contributed by atoms with Crippen molar-refractivity contribution in [1.29, 1.82) is 0 Å². The lowest BCUT2D eigenvalue weighted by atomic mass is 10.1. The van der Waals surface area contributed by atoms with Crippen molar-refractivity contribution in [2.24, 2.45) is 0 Å². The fourth-order valence-electron chi connectivity index (χ4n) is 2.10. The summed E-state index contributed by atoms with van der Waals surface area (Å²) in [5.41, 5.74) is 1.78. The molecule has 0 heterocycles. The topological polar surface area (TPSA) is 66.5 Å². The highest BCUT2D eigenvalue weighted by atomic mass is 35.5. The van der Waals surface area contributed by atoms with Crippen LogP contribution in [0, 0.1) is 0 Å². The van der Waals surface area contributed by atoms with Gasteiger partial charge < -0.3 is 5.32 Å². The van der Waals surface area contributed by atoms with Gasteiger partial charge in [-0.3, -0.25) is 9.10 Å². The summed E-state index contributed by atoms with van der Waals surface area (Å²) in [4.78, 5) is 11.5. The van der Waals surface area contributed by atoms with Crippen LogP contribution in [0.5, 0.6) is 0 Å². The molecule has 0 spiro atoms. The number of nitrogens with zero attached hydrogens (tertiary/aromatic N) is 1. The molecule has 0 fully saturated rings. The van der Waals surface area contributed by atoms with Crippen molar-refractivity contribution in [2.45, 2.75) is 6.54 Å². The number of carbonyl (C=O) groups excluding carboxylic acids is 1. The molecule has 5 nitrogen and oxygen atoms in total. The molecule has 0 aliphatic rings. The number of sulfonamides is 1. The highest BCUT2D eigenvalue weighted by Gasteiger charge is 2.18. The number of hydrogen-bond donors (Lipinski definition) is 1. The van der Waals surface area contributed by atoms with Gasteiger partial charge in [0.15, 0.2) is 0 Å². The first-order valence-corrected chi connectivity index (χ1v) is 9.08. The molecule has 0 unspecified atom stereocenters. The van der Waals surface area contributed by atoms with Crippen molar-refractivity contribution in [1.82, 2.24) is 5.32 Å². The van der Waals surface area contributed by atoms with Gasteiger partial charge in [-0.05, 0) is 35.9 Å². The number of halogens is 1. The second-order valence-electron chi connectivity index (χ2n) is 5.03. The lowest BCUT2D eigenvalue weighted by Crippen LogP contribution is -2.29. The van der Waals surface area contributed by atoms with Gasteiger partial charge in [-0.1, -0.05) is 29.8 Å². The zero-order valence-corrected chi connectivity index (χ0v) is 14.4. The number of carbonyl (C=O) groups is 1. The SMILES string of the molecule is CNC(=O)c1ccc(CN(c2cccc(Cl)c2)S(C)(=O)=O)cc1. The molecule has 0 aliphatic carbocycles. The van der Waals surface area contributed by atoms with E-state index in [0.717, 1.165) is 11.8 Å². The number of benzene rings is 2. The minimum absolute atomic E-state index is 0.160. The summed E-state index contributed by atoms with van der Waals surface area (Å²) >= 11 is 5.95. The Morgan fingerprint density at radius 3 is 2.35 bits per heavy atom. The molecular weight excluding hydrogens is 336 g/mol. The second-order valence-corrected chi connectivity index (χ2v) is 7.37. The molecule has 23 heavy (non-hydrogen) atoms. The summed E-state index contributed by atoms with van der Waals surface area (Å²) in [7, 11) is -1.91. The smallest absolute Gasteiger partial charge is 0.251 e. The molecule has 2 aromatic rings. The molecule has 122 valence electrons. The second kappa shape index (κ2) is 7.02. The molecule has 0 saturated heterocycles. The Balaban J connectivity index is 2.31. The van der Waals surface area contributed by atoms with Gasteiger partial charge in [-0.25, -0.2) is 8.42 Å². The first-order valence-electron chi connectivity index (χ1n) is 6.85. The number of hydrogen-bond acceptors (Lipinski definition) is 3. The van der Waals surface area contributed by atoms with Crippen LogP contribution < -0.4 is 9.62 Å². The summed E-state index contributed by atoms with van der Waals surface area (Å²) in [5, 5.41) is 3.00. The van der Waals surface area contributed by atoms with Crippen LogP contribution in [-0.4, -0.2) is 27.6 Å². The van der Waals surface area contributed by atoms with E-state index >= 15 is 0 Å². The molecule has 0 aliphatic heterocycles.